The molecule has 2 rings (SSSR count). The van der Waals surface area contributed by atoms with E-state index < -0.39 is 0 Å². The Labute approximate surface area is 125 Å². The van der Waals surface area contributed by atoms with Crippen LogP contribution in [0.1, 0.15) is 18.4 Å². The Hall–Kier alpha value is -1.07. The number of hydrogen-bond acceptors (Lipinski definition) is 5. The zero-order valence-corrected chi connectivity index (χ0v) is 13.4. The van der Waals surface area contributed by atoms with Gasteiger partial charge in [-0.05, 0) is 36.8 Å². The number of nitrogens with one attached hydrogen (secondary N) is 1. The van der Waals surface area contributed by atoms with E-state index in [1.807, 2.05) is 23.9 Å². The zero-order valence-electron chi connectivity index (χ0n) is 12.6. The summed E-state index contributed by atoms with van der Waals surface area (Å²) in [4.78, 5) is 0. The van der Waals surface area contributed by atoms with Crippen molar-refractivity contribution in [1.82, 2.24) is 5.32 Å². The molecule has 0 unspecified atom stereocenters. The standard InChI is InChI=1S/C15H23NO3S/c1-17-12-7-11(8-13(18-2)14(12)19-3)9-16-10-15(20-4)5-6-15/h7-8,16H,5-6,9-10H2,1-4H3. The Morgan fingerprint density at radius 1 is 1.10 bits per heavy atom. The summed E-state index contributed by atoms with van der Waals surface area (Å²) in [6.07, 6.45) is 4.82. The summed E-state index contributed by atoms with van der Waals surface area (Å²) in [5.74, 6) is 2.05. The van der Waals surface area contributed by atoms with Crippen LogP contribution in [0.4, 0.5) is 0 Å². The maximum absolute atomic E-state index is 5.36. The Kier molecular flexibility index (Phi) is 5.05. The summed E-state index contributed by atoms with van der Waals surface area (Å²) in [6.45, 7) is 1.85. The van der Waals surface area contributed by atoms with Crippen LogP contribution in [0.15, 0.2) is 12.1 Å². The molecule has 1 saturated carbocycles. The molecule has 0 bridgehead atoms. The molecule has 1 aliphatic carbocycles. The molecule has 1 aliphatic rings. The van der Waals surface area contributed by atoms with Crippen molar-refractivity contribution in [2.24, 2.45) is 0 Å². The van der Waals surface area contributed by atoms with Gasteiger partial charge in [0, 0.05) is 17.8 Å². The molecule has 4 nitrogen and oxygen atoms in total. The second kappa shape index (κ2) is 6.59. The molecule has 0 radical (unpaired) electrons. The third-order valence-corrected chi connectivity index (χ3v) is 5.16. The fraction of sp³-hybridized carbons (Fsp3) is 0.600. The van der Waals surface area contributed by atoms with Crippen molar-refractivity contribution in [3.63, 3.8) is 0 Å². The van der Waals surface area contributed by atoms with E-state index in [9.17, 15) is 0 Å². The SMILES string of the molecule is COc1cc(CNCC2(SC)CC2)cc(OC)c1OC. The molecular formula is C15H23NO3S. The van der Waals surface area contributed by atoms with E-state index in [4.69, 9.17) is 14.2 Å². The number of rotatable bonds is 8. The Balaban J connectivity index is 2.04. The molecule has 0 aliphatic heterocycles. The topological polar surface area (TPSA) is 39.7 Å². The minimum Gasteiger partial charge on any atom is -0.493 e. The van der Waals surface area contributed by atoms with Crippen molar-refractivity contribution in [2.45, 2.75) is 24.1 Å². The molecule has 0 heterocycles. The molecule has 5 heteroatoms. The lowest BCUT2D eigenvalue weighted by Gasteiger charge is -2.16. The first kappa shape index (κ1) is 15.3. The van der Waals surface area contributed by atoms with Crippen LogP contribution in [0, 0.1) is 0 Å². The average molecular weight is 297 g/mol. The molecular weight excluding hydrogens is 274 g/mol. The molecule has 0 saturated heterocycles. The number of thioether (sulfide) groups is 1. The lowest BCUT2D eigenvalue weighted by Crippen LogP contribution is -2.25. The molecule has 1 aromatic carbocycles. The van der Waals surface area contributed by atoms with Crippen molar-refractivity contribution in [3.05, 3.63) is 17.7 Å². The van der Waals surface area contributed by atoms with Gasteiger partial charge in [-0.25, -0.2) is 0 Å². The summed E-state index contributed by atoms with van der Waals surface area (Å²) >= 11 is 1.96. The maximum atomic E-state index is 5.36. The molecule has 1 fully saturated rings. The van der Waals surface area contributed by atoms with Crippen molar-refractivity contribution in [2.75, 3.05) is 34.1 Å². The Bertz CT molecular complexity index is 435. The third kappa shape index (κ3) is 3.33. The molecule has 0 spiro atoms. The molecule has 112 valence electrons. The highest BCUT2D eigenvalue weighted by Gasteiger charge is 2.41. The molecule has 0 aromatic heterocycles. The second-order valence-electron chi connectivity index (χ2n) is 5.02. The van der Waals surface area contributed by atoms with E-state index >= 15 is 0 Å². The number of methoxy groups -OCH3 is 3. The smallest absolute Gasteiger partial charge is 0.203 e. The maximum Gasteiger partial charge on any atom is 0.203 e. The molecule has 0 amide bonds. The molecule has 20 heavy (non-hydrogen) atoms. The van der Waals surface area contributed by atoms with Crippen LogP contribution in [0.2, 0.25) is 0 Å². The van der Waals surface area contributed by atoms with Crippen LogP contribution in [-0.4, -0.2) is 38.9 Å². The summed E-state index contributed by atoms with van der Waals surface area (Å²) in [5.41, 5.74) is 1.14. The third-order valence-electron chi connectivity index (χ3n) is 3.74. The average Bonchev–Trinajstić information content (AvgIpc) is 3.26. The fourth-order valence-electron chi connectivity index (χ4n) is 2.26. The van der Waals surface area contributed by atoms with Gasteiger partial charge in [0.25, 0.3) is 0 Å². The summed E-state index contributed by atoms with van der Waals surface area (Å²) in [6, 6.07) is 3.99. The van der Waals surface area contributed by atoms with Crippen LogP contribution >= 0.6 is 11.8 Å². The van der Waals surface area contributed by atoms with Gasteiger partial charge in [-0.3, -0.25) is 0 Å². The first-order chi connectivity index (χ1) is 9.68. The van der Waals surface area contributed by atoms with Crippen LogP contribution in [0.25, 0.3) is 0 Å². The first-order valence-electron chi connectivity index (χ1n) is 6.73. The van der Waals surface area contributed by atoms with Crippen molar-refractivity contribution in [1.29, 1.82) is 0 Å². The van der Waals surface area contributed by atoms with E-state index in [2.05, 4.69) is 11.6 Å². The van der Waals surface area contributed by atoms with Crippen molar-refractivity contribution >= 4 is 11.8 Å². The van der Waals surface area contributed by atoms with Crippen LogP contribution < -0.4 is 19.5 Å². The quantitative estimate of drug-likeness (QED) is 0.799. The lowest BCUT2D eigenvalue weighted by atomic mass is 10.1. The first-order valence-corrected chi connectivity index (χ1v) is 7.95. The van der Waals surface area contributed by atoms with Crippen LogP contribution in [0.3, 0.4) is 0 Å². The van der Waals surface area contributed by atoms with Gasteiger partial charge in [-0.2, -0.15) is 11.8 Å². The molecule has 0 atom stereocenters. The predicted molar refractivity (Wildman–Crippen MR) is 83.3 cm³/mol. The summed E-state index contributed by atoms with van der Waals surface area (Å²) < 4.78 is 16.5. The van der Waals surface area contributed by atoms with E-state index in [1.54, 1.807) is 21.3 Å². The Morgan fingerprint density at radius 3 is 2.10 bits per heavy atom. The Morgan fingerprint density at radius 2 is 1.70 bits per heavy atom. The summed E-state index contributed by atoms with van der Waals surface area (Å²) in [5, 5.41) is 3.52. The largest absolute Gasteiger partial charge is 0.493 e. The van der Waals surface area contributed by atoms with Gasteiger partial charge < -0.3 is 19.5 Å². The van der Waals surface area contributed by atoms with Gasteiger partial charge in [0.05, 0.1) is 21.3 Å². The number of ether oxygens (including phenoxy) is 3. The minimum atomic E-state index is 0.473. The molecule has 1 N–H and O–H groups in total. The van der Waals surface area contributed by atoms with Gasteiger partial charge in [0.1, 0.15) is 0 Å². The molecule has 1 aromatic rings. The van der Waals surface area contributed by atoms with Crippen molar-refractivity contribution < 1.29 is 14.2 Å². The van der Waals surface area contributed by atoms with Gasteiger partial charge in [0.2, 0.25) is 5.75 Å². The highest BCUT2D eigenvalue weighted by Crippen LogP contribution is 2.46. The van der Waals surface area contributed by atoms with Crippen molar-refractivity contribution in [3.8, 4) is 17.2 Å². The van der Waals surface area contributed by atoms with Gasteiger partial charge in [0.15, 0.2) is 11.5 Å². The summed E-state index contributed by atoms with van der Waals surface area (Å²) in [7, 11) is 4.90. The van der Waals surface area contributed by atoms with Crippen LogP contribution in [-0.2, 0) is 6.54 Å². The highest BCUT2D eigenvalue weighted by molar-refractivity contribution is 8.00. The van der Waals surface area contributed by atoms with Crippen LogP contribution in [0.5, 0.6) is 17.2 Å². The van der Waals surface area contributed by atoms with E-state index in [1.165, 1.54) is 12.8 Å². The predicted octanol–water partition coefficient (Wildman–Crippen LogP) is 2.70. The van der Waals surface area contributed by atoms with E-state index in [-0.39, 0.29) is 0 Å². The fourth-order valence-corrected chi connectivity index (χ4v) is 3.02. The van der Waals surface area contributed by atoms with Gasteiger partial charge in [-0.15, -0.1) is 0 Å². The van der Waals surface area contributed by atoms with E-state index in [0.29, 0.717) is 22.0 Å². The van der Waals surface area contributed by atoms with Gasteiger partial charge >= 0.3 is 0 Å². The second-order valence-corrected chi connectivity index (χ2v) is 6.30. The lowest BCUT2D eigenvalue weighted by molar-refractivity contribution is 0.323. The number of benzene rings is 1. The normalized spacial score (nSPS) is 15.8. The van der Waals surface area contributed by atoms with Gasteiger partial charge in [-0.1, -0.05) is 0 Å². The van der Waals surface area contributed by atoms with E-state index in [0.717, 1.165) is 18.7 Å². The number of hydrogen-bond donors (Lipinski definition) is 1. The monoisotopic (exact) mass is 297 g/mol. The minimum absolute atomic E-state index is 0.473. The zero-order chi connectivity index (χ0) is 14.6. The highest BCUT2D eigenvalue weighted by atomic mass is 32.2.